The number of aryl methyl sites for hydroxylation is 1. The molecule has 2 fully saturated rings. The van der Waals surface area contributed by atoms with Gasteiger partial charge in [-0.2, -0.15) is 9.57 Å². The second kappa shape index (κ2) is 6.53. The fourth-order valence-electron chi connectivity index (χ4n) is 3.77. The molecule has 7 heteroatoms. The smallest absolute Gasteiger partial charge is 0.243 e. The summed E-state index contributed by atoms with van der Waals surface area (Å²) in [6.45, 7) is 3.15. The maximum absolute atomic E-state index is 12.8. The van der Waals surface area contributed by atoms with Crippen LogP contribution in [-0.4, -0.2) is 35.4 Å². The van der Waals surface area contributed by atoms with Crippen molar-refractivity contribution in [3.8, 4) is 6.07 Å². The van der Waals surface area contributed by atoms with E-state index in [9.17, 15) is 8.42 Å². The van der Waals surface area contributed by atoms with Gasteiger partial charge in [-0.25, -0.2) is 13.4 Å². The van der Waals surface area contributed by atoms with Crippen molar-refractivity contribution in [3.05, 3.63) is 47.5 Å². The van der Waals surface area contributed by atoms with Crippen LogP contribution in [-0.2, 0) is 16.4 Å². The lowest BCUT2D eigenvalue weighted by molar-refractivity contribution is 0.449. The quantitative estimate of drug-likeness (QED) is 0.810. The molecule has 0 amide bonds. The van der Waals surface area contributed by atoms with Crippen molar-refractivity contribution in [3.63, 3.8) is 0 Å². The van der Waals surface area contributed by atoms with Crippen LogP contribution in [0.2, 0.25) is 0 Å². The third-order valence-corrected chi connectivity index (χ3v) is 7.19. The summed E-state index contributed by atoms with van der Waals surface area (Å²) in [7, 11) is -3.50. The molecule has 1 unspecified atom stereocenters. The molecule has 26 heavy (non-hydrogen) atoms. The number of hydrogen-bond donors (Lipinski definition) is 0. The molecule has 2 aromatic rings. The first-order valence-electron chi connectivity index (χ1n) is 9.02. The number of aromatic nitrogens is 2. The second-order valence-corrected chi connectivity index (χ2v) is 9.21. The third kappa shape index (κ3) is 3.15. The molecule has 1 aliphatic heterocycles. The highest BCUT2D eigenvalue weighted by molar-refractivity contribution is 7.89. The summed E-state index contributed by atoms with van der Waals surface area (Å²) in [4.78, 5) is 4.83. The molecule has 4 rings (SSSR count). The first kappa shape index (κ1) is 17.3. The maximum atomic E-state index is 12.8. The predicted molar refractivity (Wildman–Crippen MR) is 97.0 cm³/mol. The standard InChI is InChI=1S/C19H22N4O2S/c1-14-12-21-19(23(14)17-4-5-17)10-16-8-9-22(13-16)26(24,25)18-6-2-15(11-20)3-7-18/h2-3,6-7,12,16-17H,4-5,8-10,13H2,1H3. The molecule has 1 atom stereocenters. The Morgan fingerprint density at radius 2 is 1.96 bits per heavy atom. The van der Waals surface area contributed by atoms with E-state index in [4.69, 9.17) is 5.26 Å². The van der Waals surface area contributed by atoms with Crippen LogP contribution in [0.4, 0.5) is 0 Å². The van der Waals surface area contributed by atoms with Gasteiger partial charge in [-0.1, -0.05) is 0 Å². The van der Waals surface area contributed by atoms with Gasteiger partial charge in [0.05, 0.1) is 16.5 Å². The minimum absolute atomic E-state index is 0.257. The second-order valence-electron chi connectivity index (χ2n) is 7.28. The maximum Gasteiger partial charge on any atom is 0.243 e. The van der Waals surface area contributed by atoms with Crippen LogP contribution in [0.3, 0.4) is 0 Å². The minimum Gasteiger partial charge on any atom is -0.329 e. The molecular formula is C19H22N4O2S. The number of benzene rings is 1. The number of hydrogen-bond acceptors (Lipinski definition) is 4. The van der Waals surface area contributed by atoms with Crippen molar-refractivity contribution in [2.75, 3.05) is 13.1 Å². The number of rotatable bonds is 5. The normalized spacial score (nSPS) is 21.0. The predicted octanol–water partition coefficient (Wildman–Crippen LogP) is 2.65. The molecular weight excluding hydrogens is 348 g/mol. The molecule has 2 aliphatic rings. The van der Waals surface area contributed by atoms with Crippen LogP contribution in [0.25, 0.3) is 0 Å². The lowest BCUT2D eigenvalue weighted by Crippen LogP contribution is -2.29. The fourth-order valence-corrected chi connectivity index (χ4v) is 5.30. The van der Waals surface area contributed by atoms with E-state index in [-0.39, 0.29) is 4.90 Å². The van der Waals surface area contributed by atoms with Gasteiger partial charge in [0.15, 0.2) is 0 Å². The summed E-state index contributed by atoms with van der Waals surface area (Å²) in [6.07, 6.45) is 6.03. The zero-order chi connectivity index (χ0) is 18.3. The van der Waals surface area contributed by atoms with Crippen molar-refractivity contribution in [1.82, 2.24) is 13.9 Å². The van der Waals surface area contributed by atoms with Crippen molar-refractivity contribution >= 4 is 10.0 Å². The summed E-state index contributed by atoms with van der Waals surface area (Å²) in [6, 6.07) is 8.74. The number of sulfonamides is 1. The average Bonchev–Trinajstić information content (AvgIpc) is 3.24. The van der Waals surface area contributed by atoms with E-state index in [0.29, 0.717) is 30.6 Å². The van der Waals surface area contributed by atoms with E-state index in [1.807, 2.05) is 12.3 Å². The van der Waals surface area contributed by atoms with Gasteiger partial charge in [0.1, 0.15) is 5.82 Å². The van der Waals surface area contributed by atoms with E-state index in [1.54, 1.807) is 16.4 Å². The molecule has 136 valence electrons. The van der Waals surface area contributed by atoms with Crippen molar-refractivity contribution < 1.29 is 8.42 Å². The van der Waals surface area contributed by atoms with Crippen LogP contribution in [0.5, 0.6) is 0 Å². The molecule has 1 aromatic heterocycles. The molecule has 1 saturated carbocycles. The van der Waals surface area contributed by atoms with Gasteiger partial charge in [-0.3, -0.25) is 0 Å². The zero-order valence-corrected chi connectivity index (χ0v) is 15.6. The van der Waals surface area contributed by atoms with Crippen LogP contribution in [0.15, 0.2) is 35.4 Å². The van der Waals surface area contributed by atoms with Crippen molar-refractivity contribution in [2.45, 2.75) is 43.5 Å². The van der Waals surface area contributed by atoms with E-state index in [2.05, 4.69) is 16.5 Å². The summed E-state index contributed by atoms with van der Waals surface area (Å²) in [5.74, 6) is 1.38. The van der Waals surface area contributed by atoms with Crippen LogP contribution >= 0.6 is 0 Å². The number of nitrogens with zero attached hydrogens (tertiary/aromatic N) is 4. The molecule has 0 spiro atoms. The summed E-state index contributed by atoms with van der Waals surface area (Å²) in [5, 5.41) is 8.87. The lowest BCUT2D eigenvalue weighted by atomic mass is 10.0. The Morgan fingerprint density at radius 1 is 1.23 bits per heavy atom. The van der Waals surface area contributed by atoms with Gasteiger partial charge in [0, 0.05) is 37.4 Å². The Labute approximate surface area is 154 Å². The highest BCUT2D eigenvalue weighted by Gasteiger charge is 2.34. The van der Waals surface area contributed by atoms with Gasteiger partial charge in [0.25, 0.3) is 0 Å². The Kier molecular flexibility index (Phi) is 4.33. The van der Waals surface area contributed by atoms with Crippen LogP contribution in [0.1, 0.15) is 42.4 Å². The van der Waals surface area contributed by atoms with Gasteiger partial charge >= 0.3 is 0 Å². The van der Waals surface area contributed by atoms with E-state index in [0.717, 1.165) is 18.7 Å². The molecule has 0 N–H and O–H groups in total. The third-order valence-electron chi connectivity index (χ3n) is 5.31. The molecule has 0 radical (unpaired) electrons. The number of imidazole rings is 1. The van der Waals surface area contributed by atoms with Crippen molar-refractivity contribution in [2.24, 2.45) is 5.92 Å². The summed E-state index contributed by atoms with van der Waals surface area (Å²) in [5.41, 5.74) is 1.66. The molecule has 2 heterocycles. The van der Waals surface area contributed by atoms with Crippen molar-refractivity contribution in [1.29, 1.82) is 5.26 Å². The average molecular weight is 370 g/mol. The number of nitriles is 1. The zero-order valence-electron chi connectivity index (χ0n) is 14.8. The highest BCUT2D eigenvalue weighted by Crippen LogP contribution is 2.38. The van der Waals surface area contributed by atoms with E-state index >= 15 is 0 Å². The Balaban J connectivity index is 1.47. The van der Waals surface area contributed by atoms with E-state index < -0.39 is 10.0 Å². The highest BCUT2D eigenvalue weighted by atomic mass is 32.2. The fraction of sp³-hybridized carbons (Fsp3) is 0.474. The SMILES string of the molecule is Cc1cnc(CC2CCN(S(=O)(=O)c3ccc(C#N)cc3)C2)n1C1CC1. The van der Waals surface area contributed by atoms with Crippen LogP contribution in [0, 0.1) is 24.2 Å². The first-order valence-corrected chi connectivity index (χ1v) is 10.5. The molecule has 1 aromatic carbocycles. The molecule has 1 saturated heterocycles. The first-order chi connectivity index (χ1) is 12.5. The van der Waals surface area contributed by atoms with Gasteiger partial charge < -0.3 is 4.57 Å². The Morgan fingerprint density at radius 3 is 2.62 bits per heavy atom. The lowest BCUT2D eigenvalue weighted by Gasteiger charge is -2.17. The van der Waals surface area contributed by atoms with E-state index in [1.165, 1.54) is 30.7 Å². The topological polar surface area (TPSA) is 79.0 Å². The Hall–Kier alpha value is -2.17. The Bertz CT molecular complexity index is 952. The monoisotopic (exact) mass is 370 g/mol. The summed E-state index contributed by atoms with van der Waals surface area (Å²) >= 11 is 0. The van der Waals surface area contributed by atoms with Gasteiger partial charge in [0.2, 0.25) is 10.0 Å². The molecule has 6 nitrogen and oxygen atoms in total. The molecule has 0 bridgehead atoms. The minimum atomic E-state index is -3.50. The van der Waals surface area contributed by atoms with Gasteiger partial charge in [-0.05, 0) is 56.4 Å². The van der Waals surface area contributed by atoms with Crippen LogP contribution < -0.4 is 0 Å². The van der Waals surface area contributed by atoms with Gasteiger partial charge in [-0.15, -0.1) is 0 Å². The molecule has 1 aliphatic carbocycles. The summed E-state index contributed by atoms with van der Waals surface area (Å²) < 4.78 is 29.6. The largest absolute Gasteiger partial charge is 0.329 e.